The quantitative estimate of drug-likeness (QED) is 0.568. The molecule has 0 bridgehead atoms. The van der Waals surface area contributed by atoms with Gasteiger partial charge in [-0.15, -0.1) is 10.2 Å². The van der Waals surface area contributed by atoms with Crippen LogP contribution in [0, 0.1) is 20.8 Å². The Balaban J connectivity index is 1.70. The lowest BCUT2D eigenvalue weighted by molar-refractivity contribution is -0.116. The summed E-state index contributed by atoms with van der Waals surface area (Å²) < 4.78 is 8.01. The molecule has 30 heavy (non-hydrogen) atoms. The number of carbonyl (C=O) groups is 1. The van der Waals surface area contributed by atoms with Crippen molar-refractivity contribution in [2.45, 2.75) is 37.2 Å². The zero-order valence-electron chi connectivity index (χ0n) is 17.1. The van der Waals surface area contributed by atoms with Gasteiger partial charge in [-0.1, -0.05) is 30.0 Å². The Morgan fingerprint density at radius 1 is 1.23 bits per heavy atom. The number of aryl methyl sites for hydroxylation is 2. The number of benzene rings is 2. The molecule has 0 aliphatic carbocycles. The van der Waals surface area contributed by atoms with Crippen molar-refractivity contribution in [1.29, 1.82) is 0 Å². The number of hydrogen-bond donors (Lipinski definition) is 2. The van der Waals surface area contributed by atoms with Gasteiger partial charge in [-0.3, -0.25) is 4.79 Å². The highest BCUT2D eigenvalue weighted by molar-refractivity contribution is 9.10. The molecule has 2 atom stereocenters. The van der Waals surface area contributed by atoms with Gasteiger partial charge in [-0.05, 0) is 71.6 Å². The van der Waals surface area contributed by atoms with E-state index in [4.69, 9.17) is 4.74 Å². The number of anilines is 1. The maximum atomic E-state index is 13.4. The van der Waals surface area contributed by atoms with E-state index in [-0.39, 0.29) is 11.9 Å². The van der Waals surface area contributed by atoms with E-state index in [1.807, 2.05) is 61.8 Å². The summed E-state index contributed by atoms with van der Waals surface area (Å²) in [5.74, 6) is 1.38. The minimum atomic E-state index is -0.443. The molecule has 1 aliphatic rings. The Morgan fingerprint density at radius 3 is 2.77 bits per heavy atom. The van der Waals surface area contributed by atoms with Crippen LogP contribution in [0.5, 0.6) is 5.75 Å². The molecule has 0 saturated carbocycles. The number of amides is 1. The standard InChI is InChI=1S/C21H22BrN5O2S/c1-11-6-5-7-16(12(11)2)23-20(28)19-18(14-8-9-17(29-4)15(22)10-14)26-27-13(3)24-25-21(27)30-19/h5-10,18-19,26H,1-4H3,(H,23,28)/t18-,19-/m1/s1. The number of nitrogens with one attached hydrogen (secondary N) is 2. The van der Waals surface area contributed by atoms with Crippen LogP contribution in [0.3, 0.4) is 0 Å². The lowest BCUT2D eigenvalue weighted by Crippen LogP contribution is -2.41. The Kier molecular flexibility index (Phi) is 5.75. The molecule has 4 rings (SSSR count). The van der Waals surface area contributed by atoms with Crippen molar-refractivity contribution in [1.82, 2.24) is 14.9 Å². The van der Waals surface area contributed by atoms with Crippen molar-refractivity contribution < 1.29 is 9.53 Å². The Hall–Kier alpha value is -2.52. The van der Waals surface area contributed by atoms with Gasteiger partial charge in [-0.25, -0.2) is 4.68 Å². The van der Waals surface area contributed by atoms with Crippen molar-refractivity contribution in [3.05, 3.63) is 63.4 Å². The lowest BCUT2D eigenvalue weighted by Gasteiger charge is -2.33. The van der Waals surface area contributed by atoms with E-state index in [0.29, 0.717) is 5.16 Å². The maximum Gasteiger partial charge on any atom is 0.240 e. The molecule has 0 fully saturated rings. The second-order valence-corrected chi connectivity index (χ2v) is 9.10. The first-order valence-corrected chi connectivity index (χ1v) is 11.1. The van der Waals surface area contributed by atoms with Gasteiger partial charge < -0.3 is 15.5 Å². The highest BCUT2D eigenvalue weighted by Gasteiger charge is 2.37. The number of thioether (sulfide) groups is 1. The molecule has 1 amide bonds. The molecule has 7 nitrogen and oxygen atoms in total. The Bertz CT molecular complexity index is 1120. The fraction of sp³-hybridized carbons (Fsp3) is 0.286. The van der Waals surface area contributed by atoms with Gasteiger partial charge >= 0.3 is 0 Å². The van der Waals surface area contributed by atoms with E-state index in [0.717, 1.165) is 38.4 Å². The average molecular weight is 488 g/mol. The van der Waals surface area contributed by atoms with Crippen molar-refractivity contribution in [3.63, 3.8) is 0 Å². The number of fused-ring (bicyclic) bond motifs is 1. The summed E-state index contributed by atoms with van der Waals surface area (Å²) >= 11 is 4.95. The van der Waals surface area contributed by atoms with Gasteiger partial charge in [-0.2, -0.15) is 0 Å². The molecule has 0 radical (unpaired) electrons. The summed E-state index contributed by atoms with van der Waals surface area (Å²) in [6.07, 6.45) is 0. The van der Waals surface area contributed by atoms with Crippen LogP contribution in [0.2, 0.25) is 0 Å². The SMILES string of the molecule is COc1ccc([C@H]2Nn3c(C)nnc3S[C@H]2C(=O)Nc2cccc(C)c2C)cc1Br. The second-order valence-electron chi connectivity index (χ2n) is 7.14. The average Bonchev–Trinajstić information content (AvgIpc) is 3.10. The third-order valence-corrected chi connectivity index (χ3v) is 7.09. The largest absolute Gasteiger partial charge is 0.496 e. The first-order valence-electron chi connectivity index (χ1n) is 9.44. The van der Waals surface area contributed by atoms with E-state index in [1.54, 1.807) is 7.11 Å². The van der Waals surface area contributed by atoms with Crippen molar-refractivity contribution in [2.75, 3.05) is 17.9 Å². The van der Waals surface area contributed by atoms with Crippen LogP contribution in [0.25, 0.3) is 0 Å². The number of carbonyl (C=O) groups excluding carboxylic acids is 1. The molecule has 156 valence electrons. The zero-order valence-corrected chi connectivity index (χ0v) is 19.5. The predicted molar refractivity (Wildman–Crippen MR) is 122 cm³/mol. The first kappa shape index (κ1) is 20.7. The fourth-order valence-electron chi connectivity index (χ4n) is 3.38. The fourth-order valence-corrected chi connectivity index (χ4v) is 5.06. The molecule has 1 aliphatic heterocycles. The summed E-state index contributed by atoms with van der Waals surface area (Å²) in [4.78, 5) is 13.4. The normalized spacial score (nSPS) is 17.8. The topological polar surface area (TPSA) is 81.1 Å². The predicted octanol–water partition coefficient (Wildman–Crippen LogP) is 4.37. The molecule has 0 saturated heterocycles. The highest BCUT2D eigenvalue weighted by Crippen LogP contribution is 2.39. The third kappa shape index (κ3) is 3.79. The second kappa shape index (κ2) is 8.31. The van der Waals surface area contributed by atoms with Gasteiger partial charge in [0.1, 0.15) is 16.8 Å². The number of nitrogens with zero attached hydrogens (tertiary/aromatic N) is 3. The van der Waals surface area contributed by atoms with Crippen LogP contribution in [-0.2, 0) is 4.79 Å². The van der Waals surface area contributed by atoms with Crippen LogP contribution >= 0.6 is 27.7 Å². The van der Waals surface area contributed by atoms with Gasteiger partial charge in [0.2, 0.25) is 11.1 Å². The number of ether oxygens (including phenoxy) is 1. The summed E-state index contributed by atoms with van der Waals surface area (Å²) in [5, 5.41) is 11.7. The summed E-state index contributed by atoms with van der Waals surface area (Å²) in [5.41, 5.74) is 7.38. The van der Waals surface area contributed by atoms with Gasteiger partial charge in [0.05, 0.1) is 17.6 Å². The minimum Gasteiger partial charge on any atom is -0.496 e. The van der Waals surface area contributed by atoms with Gasteiger partial charge in [0.25, 0.3) is 0 Å². The molecule has 0 spiro atoms. The lowest BCUT2D eigenvalue weighted by atomic mass is 10.0. The number of halogens is 1. The minimum absolute atomic E-state index is 0.0926. The van der Waals surface area contributed by atoms with Crippen molar-refractivity contribution in [3.8, 4) is 5.75 Å². The van der Waals surface area contributed by atoms with E-state index in [2.05, 4.69) is 36.9 Å². The summed E-state index contributed by atoms with van der Waals surface area (Å²) in [6.45, 7) is 5.92. The number of hydrogen-bond acceptors (Lipinski definition) is 6. The van der Waals surface area contributed by atoms with E-state index in [1.165, 1.54) is 11.8 Å². The first-order chi connectivity index (χ1) is 14.4. The van der Waals surface area contributed by atoms with E-state index >= 15 is 0 Å². The van der Waals surface area contributed by atoms with Crippen LogP contribution in [-0.4, -0.2) is 33.1 Å². The molecular formula is C21H22BrN5O2S. The number of aromatic nitrogens is 3. The molecular weight excluding hydrogens is 466 g/mol. The van der Waals surface area contributed by atoms with Crippen molar-refractivity contribution >= 4 is 39.3 Å². The van der Waals surface area contributed by atoms with Crippen LogP contribution in [0.4, 0.5) is 5.69 Å². The zero-order chi connectivity index (χ0) is 21.4. The molecule has 9 heteroatoms. The van der Waals surface area contributed by atoms with Gasteiger partial charge in [0.15, 0.2) is 0 Å². The molecule has 3 aromatic rings. The van der Waals surface area contributed by atoms with E-state index < -0.39 is 5.25 Å². The van der Waals surface area contributed by atoms with Gasteiger partial charge in [0, 0.05) is 5.69 Å². The molecule has 2 heterocycles. The van der Waals surface area contributed by atoms with Crippen LogP contribution < -0.4 is 15.5 Å². The Morgan fingerprint density at radius 2 is 2.03 bits per heavy atom. The summed E-state index contributed by atoms with van der Waals surface area (Å²) in [6, 6.07) is 11.4. The monoisotopic (exact) mass is 487 g/mol. The van der Waals surface area contributed by atoms with Crippen molar-refractivity contribution in [2.24, 2.45) is 0 Å². The Labute approximate surface area is 187 Å². The summed E-state index contributed by atoms with van der Waals surface area (Å²) in [7, 11) is 1.63. The maximum absolute atomic E-state index is 13.4. The van der Waals surface area contributed by atoms with E-state index in [9.17, 15) is 4.79 Å². The molecule has 0 unspecified atom stereocenters. The number of rotatable bonds is 4. The smallest absolute Gasteiger partial charge is 0.240 e. The molecule has 2 aromatic carbocycles. The number of methoxy groups -OCH3 is 1. The van der Waals surface area contributed by atoms with Crippen LogP contribution in [0.15, 0.2) is 46.0 Å². The molecule has 2 N–H and O–H groups in total. The van der Waals surface area contributed by atoms with Crippen LogP contribution in [0.1, 0.15) is 28.6 Å². The highest BCUT2D eigenvalue weighted by atomic mass is 79.9. The molecule has 1 aromatic heterocycles. The third-order valence-electron chi connectivity index (χ3n) is 5.25.